The zero-order chi connectivity index (χ0) is 33.6. The van der Waals surface area contributed by atoms with Crippen LogP contribution in [0.5, 0.6) is 0 Å². The molecule has 0 unspecified atom stereocenters. The van der Waals surface area contributed by atoms with Crippen molar-refractivity contribution in [1.29, 1.82) is 0 Å². The van der Waals surface area contributed by atoms with Crippen LogP contribution in [0.1, 0.15) is 226 Å². The van der Waals surface area contributed by atoms with E-state index in [-0.39, 0.29) is 11.9 Å². The first-order chi connectivity index (χ1) is 22.6. The summed E-state index contributed by atoms with van der Waals surface area (Å²) in [6.45, 7) is 6.68. The molecule has 0 aromatic heterocycles. The summed E-state index contributed by atoms with van der Waals surface area (Å²) in [5.74, 6) is -0.458. The molecule has 4 heteroatoms. The molecule has 0 fully saturated rings. The smallest absolute Gasteiger partial charge is 0.308 e. The van der Waals surface area contributed by atoms with E-state index in [1.165, 1.54) is 128 Å². The van der Waals surface area contributed by atoms with E-state index in [9.17, 15) is 9.59 Å². The van der Waals surface area contributed by atoms with Crippen LogP contribution in [0, 0.1) is 0 Å². The topological polar surface area (TPSA) is 52.6 Å². The summed E-state index contributed by atoms with van der Waals surface area (Å²) in [5, 5.41) is 0. The van der Waals surface area contributed by atoms with E-state index in [0.717, 1.165) is 57.8 Å². The number of hydrogen-bond acceptors (Lipinski definition) is 4. The van der Waals surface area contributed by atoms with Gasteiger partial charge in [0.1, 0.15) is 0 Å². The second-order valence-electron chi connectivity index (χ2n) is 13.6. The van der Waals surface area contributed by atoms with E-state index in [4.69, 9.17) is 9.47 Å². The van der Waals surface area contributed by atoms with Gasteiger partial charge in [-0.2, -0.15) is 0 Å². The number of rotatable bonds is 36. The summed E-state index contributed by atoms with van der Waals surface area (Å²) in [5.41, 5.74) is 0. The van der Waals surface area contributed by atoms with Crippen molar-refractivity contribution in [2.24, 2.45) is 0 Å². The fourth-order valence-corrected chi connectivity index (χ4v) is 5.79. The third-order valence-corrected chi connectivity index (χ3v) is 8.85. The maximum Gasteiger partial charge on any atom is 0.308 e. The standard InChI is InChI=1S/C42H78O4/c1-4-7-10-12-14-16-18-20-22-24-26-28-30-32-35-37-40(43)45-42(39-34-9-6-3)46-41(44)38-36-33-31-29-27-25-23-21-19-17-15-13-11-8-5-2/h20-23,42H,4-19,24-39H2,1-3H3. The van der Waals surface area contributed by atoms with Gasteiger partial charge in [0.05, 0.1) is 0 Å². The summed E-state index contributed by atoms with van der Waals surface area (Å²) in [7, 11) is 0. The second kappa shape index (κ2) is 37.9. The number of carbonyl (C=O) groups excluding carboxylic acids is 2. The highest BCUT2D eigenvalue weighted by Gasteiger charge is 2.18. The van der Waals surface area contributed by atoms with Crippen LogP contribution in [0.4, 0.5) is 0 Å². The molecule has 0 aliphatic carbocycles. The summed E-state index contributed by atoms with van der Waals surface area (Å²) >= 11 is 0. The van der Waals surface area contributed by atoms with E-state index >= 15 is 0 Å². The Hall–Kier alpha value is -1.58. The predicted molar refractivity (Wildman–Crippen MR) is 199 cm³/mol. The molecule has 0 spiro atoms. The third-order valence-electron chi connectivity index (χ3n) is 8.85. The maximum absolute atomic E-state index is 12.5. The van der Waals surface area contributed by atoms with Gasteiger partial charge in [-0.05, 0) is 70.6 Å². The molecule has 0 atom stereocenters. The Morgan fingerprint density at radius 1 is 0.391 bits per heavy atom. The first kappa shape index (κ1) is 44.4. The molecule has 0 amide bonds. The average Bonchev–Trinajstić information content (AvgIpc) is 3.04. The molecule has 4 nitrogen and oxygen atoms in total. The van der Waals surface area contributed by atoms with E-state index in [2.05, 4.69) is 45.1 Å². The highest BCUT2D eigenvalue weighted by molar-refractivity contribution is 5.71. The van der Waals surface area contributed by atoms with Gasteiger partial charge in [0, 0.05) is 19.3 Å². The SMILES string of the molecule is CCCCCCCCC=CCCCCCCCC(=O)OC(CCCCC)OC(=O)CCCCCCCC=CCCCCCCCC. The van der Waals surface area contributed by atoms with E-state index in [0.29, 0.717) is 19.3 Å². The largest absolute Gasteiger partial charge is 0.425 e. The van der Waals surface area contributed by atoms with Crippen LogP contribution < -0.4 is 0 Å². The number of allylic oxidation sites excluding steroid dienone is 4. The number of ether oxygens (including phenoxy) is 2. The van der Waals surface area contributed by atoms with Crippen LogP contribution in [-0.4, -0.2) is 18.2 Å². The monoisotopic (exact) mass is 647 g/mol. The van der Waals surface area contributed by atoms with E-state index in [1.807, 2.05) is 0 Å². The van der Waals surface area contributed by atoms with Gasteiger partial charge in [-0.3, -0.25) is 9.59 Å². The minimum Gasteiger partial charge on any atom is -0.425 e. The van der Waals surface area contributed by atoms with Crippen molar-refractivity contribution >= 4 is 11.9 Å². The van der Waals surface area contributed by atoms with Crippen LogP contribution in [0.15, 0.2) is 24.3 Å². The Labute approximate surface area is 287 Å². The average molecular weight is 647 g/mol. The maximum atomic E-state index is 12.5. The molecule has 0 rings (SSSR count). The molecule has 0 aromatic carbocycles. The minimum atomic E-state index is -0.724. The van der Waals surface area contributed by atoms with Crippen molar-refractivity contribution in [3.05, 3.63) is 24.3 Å². The molecule has 0 saturated carbocycles. The van der Waals surface area contributed by atoms with Gasteiger partial charge in [0.15, 0.2) is 0 Å². The summed E-state index contributed by atoms with van der Waals surface area (Å²) < 4.78 is 11.2. The van der Waals surface area contributed by atoms with Gasteiger partial charge < -0.3 is 9.47 Å². The number of carbonyl (C=O) groups is 2. The molecule has 0 aliphatic heterocycles. The summed E-state index contributed by atoms with van der Waals surface area (Å²) in [6.07, 6.45) is 45.2. The number of unbranched alkanes of at least 4 members (excludes halogenated alkanes) is 24. The summed E-state index contributed by atoms with van der Waals surface area (Å²) in [4.78, 5) is 25.0. The van der Waals surface area contributed by atoms with Gasteiger partial charge in [-0.15, -0.1) is 0 Å². The van der Waals surface area contributed by atoms with Crippen LogP contribution in [-0.2, 0) is 19.1 Å². The number of esters is 2. The molecule has 0 saturated heterocycles. The molecule has 270 valence electrons. The molecule has 0 aliphatic rings. The zero-order valence-corrected chi connectivity index (χ0v) is 31.1. The molecule has 0 aromatic rings. The zero-order valence-electron chi connectivity index (χ0n) is 31.1. The highest BCUT2D eigenvalue weighted by atomic mass is 16.7. The van der Waals surface area contributed by atoms with Crippen LogP contribution >= 0.6 is 0 Å². The van der Waals surface area contributed by atoms with Crippen molar-refractivity contribution in [3.63, 3.8) is 0 Å². The Kier molecular flexibility index (Phi) is 36.6. The summed E-state index contributed by atoms with van der Waals surface area (Å²) in [6, 6.07) is 0. The van der Waals surface area contributed by atoms with E-state index in [1.54, 1.807) is 0 Å². The number of hydrogen-bond donors (Lipinski definition) is 0. The third kappa shape index (κ3) is 35.3. The molecule has 0 heterocycles. The Morgan fingerprint density at radius 2 is 0.674 bits per heavy atom. The van der Waals surface area contributed by atoms with Crippen molar-refractivity contribution in [2.75, 3.05) is 0 Å². The van der Waals surface area contributed by atoms with Gasteiger partial charge in [0.2, 0.25) is 6.29 Å². The second-order valence-corrected chi connectivity index (χ2v) is 13.6. The van der Waals surface area contributed by atoms with Gasteiger partial charge in [-0.25, -0.2) is 0 Å². The molecular formula is C42H78O4. The lowest BCUT2D eigenvalue weighted by atomic mass is 10.1. The van der Waals surface area contributed by atoms with Crippen LogP contribution in [0.25, 0.3) is 0 Å². The highest BCUT2D eigenvalue weighted by Crippen LogP contribution is 2.15. The van der Waals surface area contributed by atoms with Crippen LogP contribution in [0.2, 0.25) is 0 Å². The molecule has 0 bridgehead atoms. The minimum absolute atomic E-state index is 0.229. The normalized spacial score (nSPS) is 12.3. The van der Waals surface area contributed by atoms with Gasteiger partial charge >= 0.3 is 11.9 Å². The molecule has 0 radical (unpaired) electrons. The fourth-order valence-electron chi connectivity index (χ4n) is 5.79. The lowest BCUT2D eigenvalue weighted by Gasteiger charge is -2.18. The fraction of sp³-hybridized carbons (Fsp3) is 0.857. The Balaban J connectivity index is 3.87. The van der Waals surface area contributed by atoms with Crippen molar-refractivity contribution in [1.82, 2.24) is 0 Å². The molecular weight excluding hydrogens is 568 g/mol. The van der Waals surface area contributed by atoms with Crippen molar-refractivity contribution in [2.45, 2.75) is 233 Å². The van der Waals surface area contributed by atoms with Gasteiger partial charge in [0.25, 0.3) is 0 Å². The quantitative estimate of drug-likeness (QED) is 0.0294. The first-order valence-electron chi connectivity index (χ1n) is 20.3. The van der Waals surface area contributed by atoms with Crippen molar-refractivity contribution in [3.8, 4) is 0 Å². The van der Waals surface area contributed by atoms with Crippen molar-refractivity contribution < 1.29 is 19.1 Å². The van der Waals surface area contributed by atoms with E-state index < -0.39 is 6.29 Å². The lowest BCUT2D eigenvalue weighted by Crippen LogP contribution is -2.24. The lowest BCUT2D eigenvalue weighted by molar-refractivity contribution is -0.189. The molecule has 0 N–H and O–H groups in total. The predicted octanol–water partition coefficient (Wildman–Crippen LogP) is 14.1. The van der Waals surface area contributed by atoms with Crippen LogP contribution in [0.3, 0.4) is 0 Å². The molecule has 46 heavy (non-hydrogen) atoms. The Morgan fingerprint density at radius 3 is 1.02 bits per heavy atom. The van der Waals surface area contributed by atoms with Gasteiger partial charge in [-0.1, -0.05) is 161 Å². The first-order valence-corrected chi connectivity index (χ1v) is 20.3. The Bertz CT molecular complexity index is 644.